The largest absolute Gasteiger partial charge is 0.472 e. The first kappa shape index (κ1) is 40.5. The molecular weight excluding hydrogens is 828 g/mol. The Labute approximate surface area is 331 Å². The lowest BCUT2D eigenvalue weighted by Gasteiger charge is -2.28. The zero-order valence-corrected chi connectivity index (χ0v) is 32.8. The molecule has 3 fully saturated rings. The van der Waals surface area contributed by atoms with Crippen LogP contribution in [0.5, 0.6) is 0 Å². The number of ether oxygens (including phenoxy) is 2. The van der Waals surface area contributed by atoms with E-state index in [-0.39, 0.29) is 28.5 Å². The number of fused-ring (bicyclic) bond motifs is 4. The number of hydrogen-bond acceptors (Lipinski definition) is 16. The molecular formula is C35H34F2N6O12P2S. The van der Waals surface area contributed by atoms with Crippen molar-refractivity contribution in [3.8, 4) is 0 Å². The Morgan fingerprint density at radius 1 is 0.914 bits per heavy atom. The minimum Gasteiger partial charge on any atom is -0.382 e. The number of nitrogens with zero attached hydrogens (tertiary/aromatic N) is 5. The Bertz CT molecular complexity index is 2380. The number of rotatable bonds is 7. The fourth-order valence-electron chi connectivity index (χ4n) is 6.71. The lowest BCUT2D eigenvalue weighted by atomic mass is 10.0. The molecule has 8 rings (SSSR count). The van der Waals surface area contributed by atoms with Gasteiger partial charge in [0, 0.05) is 23.1 Å². The Morgan fingerprint density at radius 3 is 2.33 bits per heavy atom. The fraction of sp³-hybridized carbons (Fsp3) is 0.371. The van der Waals surface area contributed by atoms with Crippen LogP contribution in [-0.2, 0) is 52.0 Å². The molecule has 0 radical (unpaired) electrons. The minimum absolute atomic E-state index is 0.00326. The van der Waals surface area contributed by atoms with Crippen LogP contribution in [0.15, 0.2) is 73.5 Å². The molecule has 1 unspecified atom stereocenters. The molecule has 0 spiro atoms. The van der Waals surface area contributed by atoms with E-state index in [1.807, 2.05) is 19.1 Å². The first-order chi connectivity index (χ1) is 27.7. The van der Waals surface area contributed by atoms with Gasteiger partial charge < -0.3 is 20.1 Å². The van der Waals surface area contributed by atoms with Crippen molar-refractivity contribution in [2.24, 2.45) is 0 Å². The van der Waals surface area contributed by atoms with E-state index in [2.05, 4.69) is 15.0 Å². The predicted octanol–water partition coefficient (Wildman–Crippen LogP) is 4.52. The summed E-state index contributed by atoms with van der Waals surface area (Å²) in [6.45, 7) is -4.49. The van der Waals surface area contributed by atoms with Gasteiger partial charge in [-0.3, -0.25) is 41.9 Å². The average Bonchev–Trinajstić information content (AvgIpc) is 3.86. The summed E-state index contributed by atoms with van der Waals surface area (Å²) >= 11 is 0.625. The Balaban J connectivity index is 1.11. The molecule has 18 nitrogen and oxygen atoms in total. The number of imidazole rings is 1. The lowest BCUT2D eigenvalue weighted by molar-refractivity contribution is -0.146. The molecule has 6 heterocycles. The highest BCUT2D eigenvalue weighted by atomic mass is 32.7. The van der Waals surface area contributed by atoms with Gasteiger partial charge in [0.2, 0.25) is 5.91 Å². The highest BCUT2D eigenvalue weighted by Gasteiger charge is 2.56. The second-order valence-corrected chi connectivity index (χ2v) is 19.1. The molecule has 0 aliphatic carbocycles. The molecule has 2 aromatic carbocycles. The first-order valence-corrected chi connectivity index (χ1v) is 22.3. The smallest absolute Gasteiger partial charge is 0.382 e. The minimum atomic E-state index is -5.25. The summed E-state index contributed by atoms with van der Waals surface area (Å²) in [5, 5.41) is 0. The average molecular weight is 863 g/mol. The number of phosphoric ester groups is 1. The number of amides is 1. The Morgan fingerprint density at radius 2 is 1.60 bits per heavy atom. The van der Waals surface area contributed by atoms with Gasteiger partial charge in [-0.05, 0) is 29.9 Å². The maximum absolute atomic E-state index is 16.5. The van der Waals surface area contributed by atoms with E-state index in [0.29, 0.717) is 28.1 Å². The van der Waals surface area contributed by atoms with E-state index in [4.69, 9.17) is 33.3 Å². The number of benzene rings is 2. The summed E-state index contributed by atoms with van der Waals surface area (Å²) in [5.41, 5.74) is 8.61. The van der Waals surface area contributed by atoms with Crippen LogP contribution in [0.4, 0.5) is 14.6 Å². The number of carbonyl (C=O) groups is 3. The summed E-state index contributed by atoms with van der Waals surface area (Å²) < 4.78 is 96.0. The molecule has 2 bridgehead atoms. The summed E-state index contributed by atoms with van der Waals surface area (Å²) in [4.78, 5) is 61.4. The van der Waals surface area contributed by atoms with Gasteiger partial charge >= 0.3 is 14.6 Å². The quantitative estimate of drug-likeness (QED) is 0.148. The van der Waals surface area contributed by atoms with Crippen LogP contribution < -0.4 is 5.73 Å². The lowest BCUT2D eigenvalue weighted by Crippen LogP contribution is -2.44. The van der Waals surface area contributed by atoms with E-state index in [1.54, 1.807) is 36.4 Å². The summed E-state index contributed by atoms with van der Waals surface area (Å²) in [7, 11) is -5.25. The number of anilines is 1. The predicted molar refractivity (Wildman–Crippen MR) is 199 cm³/mol. The normalized spacial score (nSPS) is 33.1. The number of nitrogens with two attached hydrogens (primary N) is 1. The third-order valence-electron chi connectivity index (χ3n) is 9.72. The number of allylic oxidation sites excluding steroid dienone is 1. The Hall–Kier alpha value is -4.27. The van der Waals surface area contributed by atoms with Gasteiger partial charge in [-0.15, -0.1) is 0 Å². The zero-order valence-electron chi connectivity index (χ0n) is 30.2. The molecule has 4 aliphatic rings. The summed E-state index contributed by atoms with van der Waals surface area (Å²) in [5.74, 6) is -1.65. The molecule has 4 aliphatic heterocycles. The van der Waals surface area contributed by atoms with Crippen molar-refractivity contribution in [1.29, 1.82) is 0 Å². The van der Waals surface area contributed by atoms with Crippen LogP contribution >= 0.6 is 26.0 Å². The van der Waals surface area contributed by atoms with Crippen molar-refractivity contribution in [3.63, 3.8) is 0 Å². The third kappa shape index (κ3) is 8.16. The molecule has 3 saturated heterocycles. The van der Waals surface area contributed by atoms with Gasteiger partial charge in [0.25, 0.3) is 0 Å². The first-order valence-electron chi connectivity index (χ1n) is 17.7. The maximum atomic E-state index is 16.5. The second-order valence-electron chi connectivity index (χ2n) is 13.7. The number of halogens is 2. The van der Waals surface area contributed by atoms with E-state index < -0.39 is 95.2 Å². The zero-order chi connectivity index (χ0) is 40.9. The Kier molecular flexibility index (Phi) is 11.2. The van der Waals surface area contributed by atoms with Crippen molar-refractivity contribution in [2.45, 2.75) is 68.3 Å². The monoisotopic (exact) mass is 862 g/mol. The maximum Gasteiger partial charge on any atom is 0.472 e. The molecule has 10 atom stereocenters. The standard InChI is InChI=1S/C35H34F2N6O12P2S/c1-18-2-6-20(7-3-18)29(46)21-8-4-19(5-9-21)15-58-57(49)51-14-24-30(27(37)34(53-24)42-11-10-22(44)12-25(42)45)54-56(47,48)50-13-23-26(36)31(55-57)35(52-23)43-17-41-28-32(38)39-16-40-33(28)43/h2-11,16-17,23-24,26-27,30-31,34-35H,12-15H2,1H3,(H,47,48)(H2,38,39,40)/t23-,24-,26-,27-,30-,31-,34-,35-,57-/m1/s1. The number of aromatic nitrogens is 4. The molecule has 0 saturated carbocycles. The van der Waals surface area contributed by atoms with Gasteiger partial charge in [0.05, 0.1) is 26.0 Å². The van der Waals surface area contributed by atoms with E-state index >= 15 is 8.78 Å². The van der Waals surface area contributed by atoms with Crippen molar-refractivity contribution in [1.82, 2.24) is 24.4 Å². The van der Waals surface area contributed by atoms with Gasteiger partial charge in [0.15, 0.2) is 47.8 Å². The van der Waals surface area contributed by atoms with Crippen LogP contribution in [0.25, 0.3) is 11.2 Å². The topological polar surface area (TPSA) is 234 Å². The van der Waals surface area contributed by atoms with Crippen LogP contribution in [0.2, 0.25) is 0 Å². The van der Waals surface area contributed by atoms with Crippen LogP contribution in [0.3, 0.4) is 0 Å². The van der Waals surface area contributed by atoms with Crippen molar-refractivity contribution >= 4 is 60.5 Å². The molecule has 2 aromatic heterocycles. The van der Waals surface area contributed by atoms with E-state index in [0.717, 1.165) is 29.1 Å². The molecule has 306 valence electrons. The van der Waals surface area contributed by atoms with Crippen molar-refractivity contribution in [2.75, 3.05) is 18.9 Å². The summed E-state index contributed by atoms with van der Waals surface area (Å²) in [6, 6.07) is 13.5. The van der Waals surface area contributed by atoms with Crippen LogP contribution in [-0.4, -0.2) is 103 Å². The highest BCUT2D eigenvalue weighted by molar-refractivity contribution is 8.54. The molecule has 3 N–H and O–H groups in total. The number of phosphoric acid groups is 1. The van der Waals surface area contributed by atoms with Crippen LogP contribution in [0, 0.1) is 6.92 Å². The number of aryl methyl sites for hydroxylation is 1. The van der Waals surface area contributed by atoms with E-state index in [9.17, 15) is 28.4 Å². The summed E-state index contributed by atoms with van der Waals surface area (Å²) in [6.07, 6.45) is -11.0. The van der Waals surface area contributed by atoms with E-state index in [1.165, 1.54) is 10.9 Å². The second kappa shape index (κ2) is 16.1. The molecule has 1 amide bonds. The third-order valence-corrected chi connectivity index (χ3v) is 14.4. The number of nitrogen functional groups attached to an aromatic ring is 1. The van der Waals surface area contributed by atoms with Gasteiger partial charge in [-0.25, -0.2) is 32.9 Å². The van der Waals surface area contributed by atoms with Crippen LogP contribution in [0.1, 0.15) is 39.7 Å². The number of alkyl halides is 2. The molecule has 58 heavy (non-hydrogen) atoms. The fourth-order valence-corrected chi connectivity index (χ4v) is 11.0. The van der Waals surface area contributed by atoms with Gasteiger partial charge in [-0.1, -0.05) is 54.1 Å². The van der Waals surface area contributed by atoms with Crippen molar-refractivity contribution in [3.05, 3.63) is 95.7 Å². The number of carbonyl (C=O) groups excluding carboxylic acids is 3. The van der Waals surface area contributed by atoms with Gasteiger partial charge in [0.1, 0.15) is 36.3 Å². The number of hydrogen-bond donors (Lipinski definition) is 2. The SMILES string of the molecule is Cc1ccc(C(=O)c2ccc(CS[P@]3(=O)OC[C@H]4O[C@@H](N5C=CC(=O)CC5=O)[C@H](F)[C@@H]4OP(=O)(O)OC[C@H]4O[C@@H](n5cnc6c(N)ncnc65)[C@H](O3)[C@@H]4F)cc2)cc1. The molecule has 23 heteroatoms. The van der Waals surface area contributed by atoms with Crippen molar-refractivity contribution < 1.29 is 64.8 Å². The number of ketones is 2. The highest BCUT2D eigenvalue weighted by Crippen LogP contribution is 2.65. The molecule has 4 aromatic rings. The van der Waals surface area contributed by atoms with Gasteiger partial charge in [-0.2, -0.15) is 0 Å².